The molecular weight excluding hydrogens is 421 g/mol. The zero-order valence-corrected chi connectivity index (χ0v) is 16.6. The number of aromatic carboxylic acids is 1. The zero-order chi connectivity index (χ0) is 20.3. The summed E-state index contributed by atoms with van der Waals surface area (Å²) in [6.45, 7) is 0. The van der Waals surface area contributed by atoms with E-state index in [-0.39, 0.29) is 11.3 Å². The Morgan fingerprint density at radius 1 is 1.00 bits per heavy atom. The second kappa shape index (κ2) is 8.65. The van der Waals surface area contributed by atoms with E-state index in [1.165, 1.54) is 23.9 Å². The Kier molecular flexibility index (Phi) is 6.24. The minimum Gasteiger partial charge on any atom is -0.478 e. The van der Waals surface area contributed by atoms with Crippen LogP contribution in [0.3, 0.4) is 0 Å². The van der Waals surface area contributed by atoms with E-state index in [1.807, 2.05) is 0 Å². The van der Waals surface area contributed by atoms with Crippen molar-refractivity contribution in [3.63, 3.8) is 0 Å². The third-order valence-electron chi connectivity index (χ3n) is 3.92. The quantitative estimate of drug-likeness (QED) is 0.362. The molecule has 3 aromatic carbocycles. The topological polar surface area (TPSA) is 80.4 Å². The van der Waals surface area contributed by atoms with E-state index in [0.29, 0.717) is 26.9 Å². The molecule has 0 aliphatic carbocycles. The standard InChI is InChI=1S/C20H13Cl2NO4S/c21-16-6-5-15(11-17(16)22)28-19-7-4-13(10-18(19)23(26)27)8-12-2-1-3-14(9-12)20(24)25/h1-7,9-11H,8H2,(H,24,25). The number of hydrogen-bond acceptors (Lipinski definition) is 4. The third-order valence-corrected chi connectivity index (χ3v) is 5.71. The first-order valence-corrected chi connectivity index (χ1v) is 9.63. The maximum atomic E-state index is 11.5. The molecule has 0 unspecified atom stereocenters. The number of carboxylic acids is 1. The van der Waals surface area contributed by atoms with Crippen molar-refractivity contribution in [3.05, 3.63) is 97.5 Å². The van der Waals surface area contributed by atoms with Gasteiger partial charge in [-0.05, 0) is 53.9 Å². The normalized spacial score (nSPS) is 10.6. The molecule has 5 nitrogen and oxygen atoms in total. The average Bonchev–Trinajstić information content (AvgIpc) is 2.66. The molecule has 142 valence electrons. The lowest BCUT2D eigenvalue weighted by Gasteiger charge is -2.08. The van der Waals surface area contributed by atoms with Crippen molar-refractivity contribution in [1.82, 2.24) is 0 Å². The number of nitro benzene ring substituents is 1. The van der Waals surface area contributed by atoms with Crippen molar-refractivity contribution < 1.29 is 14.8 Å². The second-order valence-corrected chi connectivity index (χ2v) is 7.85. The lowest BCUT2D eigenvalue weighted by atomic mass is 10.0. The van der Waals surface area contributed by atoms with Crippen LogP contribution >= 0.6 is 35.0 Å². The maximum Gasteiger partial charge on any atom is 0.335 e. The molecule has 0 saturated heterocycles. The van der Waals surface area contributed by atoms with E-state index in [9.17, 15) is 14.9 Å². The van der Waals surface area contributed by atoms with Crippen LogP contribution in [0.4, 0.5) is 5.69 Å². The summed E-state index contributed by atoms with van der Waals surface area (Å²) >= 11 is 13.1. The van der Waals surface area contributed by atoms with E-state index < -0.39 is 10.9 Å². The Bertz CT molecular complexity index is 1070. The Hall–Kier alpha value is -2.54. The fraction of sp³-hybridized carbons (Fsp3) is 0.0500. The van der Waals surface area contributed by atoms with Gasteiger partial charge in [0.15, 0.2) is 0 Å². The van der Waals surface area contributed by atoms with Crippen molar-refractivity contribution in [2.75, 3.05) is 0 Å². The first-order chi connectivity index (χ1) is 13.3. The van der Waals surface area contributed by atoms with Crippen LogP contribution in [0.25, 0.3) is 0 Å². The summed E-state index contributed by atoms with van der Waals surface area (Å²) in [6.07, 6.45) is 0.389. The van der Waals surface area contributed by atoms with Gasteiger partial charge in [-0.2, -0.15) is 0 Å². The van der Waals surface area contributed by atoms with E-state index in [2.05, 4.69) is 0 Å². The molecule has 0 fully saturated rings. The molecule has 3 aromatic rings. The van der Waals surface area contributed by atoms with E-state index in [0.717, 1.165) is 10.5 Å². The number of carbonyl (C=O) groups is 1. The molecule has 0 heterocycles. The van der Waals surface area contributed by atoms with Gasteiger partial charge in [-0.15, -0.1) is 0 Å². The molecule has 0 atom stereocenters. The number of benzene rings is 3. The third kappa shape index (κ3) is 4.84. The number of carboxylic acid groups (broad SMARTS) is 1. The predicted molar refractivity (Wildman–Crippen MR) is 110 cm³/mol. The molecule has 0 aliphatic rings. The smallest absolute Gasteiger partial charge is 0.335 e. The van der Waals surface area contributed by atoms with Gasteiger partial charge in [-0.1, -0.05) is 53.2 Å². The summed E-state index contributed by atoms with van der Waals surface area (Å²) < 4.78 is 0. The summed E-state index contributed by atoms with van der Waals surface area (Å²) in [7, 11) is 0. The number of rotatable bonds is 6. The number of halogens is 2. The maximum absolute atomic E-state index is 11.5. The highest BCUT2D eigenvalue weighted by molar-refractivity contribution is 7.99. The average molecular weight is 434 g/mol. The van der Waals surface area contributed by atoms with Gasteiger partial charge in [-0.3, -0.25) is 10.1 Å². The van der Waals surface area contributed by atoms with Crippen molar-refractivity contribution in [2.45, 2.75) is 16.2 Å². The van der Waals surface area contributed by atoms with Gasteiger partial charge in [0.1, 0.15) is 0 Å². The largest absolute Gasteiger partial charge is 0.478 e. The Balaban J connectivity index is 1.88. The molecule has 0 amide bonds. The van der Waals surface area contributed by atoms with E-state index in [4.69, 9.17) is 28.3 Å². The van der Waals surface area contributed by atoms with Crippen molar-refractivity contribution in [1.29, 1.82) is 0 Å². The van der Waals surface area contributed by atoms with Crippen LogP contribution < -0.4 is 0 Å². The molecule has 0 aromatic heterocycles. The molecular formula is C20H13Cl2NO4S. The molecule has 8 heteroatoms. The number of nitrogens with zero attached hydrogens (tertiary/aromatic N) is 1. The van der Waals surface area contributed by atoms with Crippen molar-refractivity contribution in [2.24, 2.45) is 0 Å². The highest BCUT2D eigenvalue weighted by atomic mass is 35.5. The Morgan fingerprint density at radius 2 is 1.75 bits per heavy atom. The van der Waals surface area contributed by atoms with Gasteiger partial charge in [-0.25, -0.2) is 4.79 Å². The van der Waals surface area contributed by atoms with Crippen LogP contribution in [0.1, 0.15) is 21.5 Å². The summed E-state index contributed by atoms with van der Waals surface area (Å²) in [4.78, 5) is 23.4. The summed E-state index contributed by atoms with van der Waals surface area (Å²) in [5, 5.41) is 21.4. The molecule has 0 radical (unpaired) electrons. The van der Waals surface area contributed by atoms with Gasteiger partial charge in [0.25, 0.3) is 5.69 Å². The van der Waals surface area contributed by atoms with E-state index in [1.54, 1.807) is 48.5 Å². The molecule has 0 saturated carbocycles. The highest BCUT2D eigenvalue weighted by Gasteiger charge is 2.17. The number of nitro groups is 1. The van der Waals surface area contributed by atoms with Gasteiger partial charge >= 0.3 is 5.97 Å². The fourth-order valence-corrected chi connectivity index (χ4v) is 3.92. The Morgan fingerprint density at radius 3 is 2.43 bits per heavy atom. The van der Waals surface area contributed by atoms with E-state index >= 15 is 0 Å². The lowest BCUT2D eigenvalue weighted by molar-refractivity contribution is -0.387. The van der Waals surface area contributed by atoms with Gasteiger partial charge in [0.05, 0.1) is 25.4 Å². The highest BCUT2D eigenvalue weighted by Crippen LogP contribution is 2.37. The molecule has 1 N–H and O–H groups in total. The van der Waals surface area contributed by atoms with Crippen LogP contribution in [0.2, 0.25) is 10.0 Å². The second-order valence-electron chi connectivity index (χ2n) is 5.92. The van der Waals surface area contributed by atoms with Crippen LogP contribution in [0.15, 0.2) is 70.5 Å². The van der Waals surface area contributed by atoms with Crippen molar-refractivity contribution in [3.8, 4) is 0 Å². The lowest BCUT2D eigenvalue weighted by Crippen LogP contribution is -1.98. The SMILES string of the molecule is O=C(O)c1cccc(Cc2ccc(Sc3ccc(Cl)c(Cl)c3)c([N+](=O)[O-])c2)c1. The molecule has 0 aliphatic heterocycles. The first kappa shape index (κ1) is 20.2. The molecule has 0 spiro atoms. The molecule has 28 heavy (non-hydrogen) atoms. The first-order valence-electron chi connectivity index (χ1n) is 8.06. The van der Waals surface area contributed by atoms with Crippen molar-refractivity contribution >= 4 is 46.6 Å². The van der Waals surface area contributed by atoms with Gasteiger partial charge in [0.2, 0.25) is 0 Å². The molecule has 3 rings (SSSR count). The fourth-order valence-electron chi connectivity index (χ4n) is 2.62. The summed E-state index contributed by atoms with van der Waals surface area (Å²) in [5.74, 6) is -1.01. The van der Waals surface area contributed by atoms with Gasteiger partial charge < -0.3 is 5.11 Å². The Labute approximate surface area is 175 Å². The zero-order valence-electron chi connectivity index (χ0n) is 14.3. The minimum absolute atomic E-state index is 0.0250. The van der Waals surface area contributed by atoms with Crippen LogP contribution in [-0.4, -0.2) is 16.0 Å². The van der Waals surface area contributed by atoms with Crippen LogP contribution in [-0.2, 0) is 6.42 Å². The predicted octanol–water partition coefficient (Wildman–Crippen LogP) is 6.34. The monoisotopic (exact) mass is 433 g/mol. The summed E-state index contributed by atoms with van der Waals surface area (Å²) in [6, 6.07) is 16.5. The minimum atomic E-state index is -1.01. The van der Waals surface area contributed by atoms with Crippen LogP contribution in [0, 0.1) is 10.1 Å². The molecule has 0 bridgehead atoms. The van der Waals surface area contributed by atoms with Crippen LogP contribution in [0.5, 0.6) is 0 Å². The number of hydrogen-bond donors (Lipinski definition) is 1. The van der Waals surface area contributed by atoms with Gasteiger partial charge in [0, 0.05) is 11.0 Å². The summed E-state index contributed by atoms with van der Waals surface area (Å²) in [5.41, 5.74) is 1.63.